The molecule has 2 aromatic carbocycles. The minimum atomic E-state index is -0.423. The van der Waals surface area contributed by atoms with Crippen LogP contribution in [0.1, 0.15) is 33.9 Å². The predicted octanol–water partition coefficient (Wildman–Crippen LogP) is 4.99. The van der Waals surface area contributed by atoms with Crippen LogP contribution in [0.25, 0.3) is 6.08 Å². The molecule has 108 valence electrons. The van der Waals surface area contributed by atoms with Crippen LogP contribution in [0.15, 0.2) is 46.9 Å². The number of benzene rings is 2. The van der Waals surface area contributed by atoms with Crippen LogP contribution < -0.4 is 0 Å². The van der Waals surface area contributed by atoms with E-state index >= 15 is 0 Å². The standard InChI is InChI=1S/C19H19BrO/c1-12-3-4-13(2)18-17(12)10-7-15(19(18)21)11-14-5-8-16(20)9-6-14/h3-10,15,19,21H,11H2,1-2H3/t15-,19+/m1/s1. The van der Waals surface area contributed by atoms with Gasteiger partial charge in [-0.15, -0.1) is 0 Å². The van der Waals surface area contributed by atoms with E-state index in [0.717, 1.165) is 16.5 Å². The van der Waals surface area contributed by atoms with E-state index in [2.05, 4.69) is 78.3 Å². The zero-order chi connectivity index (χ0) is 15.0. The maximum absolute atomic E-state index is 10.8. The van der Waals surface area contributed by atoms with Gasteiger partial charge in [0.25, 0.3) is 0 Å². The number of hydrogen-bond acceptors (Lipinski definition) is 1. The molecule has 2 atom stereocenters. The molecule has 0 spiro atoms. The highest BCUT2D eigenvalue weighted by atomic mass is 79.9. The molecular formula is C19H19BrO. The molecule has 1 nitrogen and oxygen atoms in total. The predicted molar refractivity (Wildman–Crippen MR) is 91.2 cm³/mol. The molecule has 0 saturated heterocycles. The van der Waals surface area contributed by atoms with Gasteiger partial charge in [0.15, 0.2) is 0 Å². The van der Waals surface area contributed by atoms with Gasteiger partial charge in [-0.05, 0) is 60.2 Å². The summed E-state index contributed by atoms with van der Waals surface area (Å²) in [6.07, 6.45) is 4.77. The highest BCUT2D eigenvalue weighted by Crippen LogP contribution is 2.37. The van der Waals surface area contributed by atoms with E-state index in [-0.39, 0.29) is 5.92 Å². The molecule has 0 amide bonds. The van der Waals surface area contributed by atoms with Gasteiger partial charge in [-0.3, -0.25) is 0 Å². The molecule has 21 heavy (non-hydrogen) atoms. The summed E-state index contributed by atoms with van der Waals surface area (Å²) in [4.78, 5) is 0. The van der Waals surface area contributed by atoms with Gasteiger partial charge in [0, 0.05) is 10.4 Å². The molecule has 0 bridgehead atoms. The number of halogens is 1. The van der Waals surface area contributed by atoms with E-state index in [1.807, 2.05) is 0 Å². The molecule has 1 aliphatic rings. The van der Waals surface area contributed by atoms with Crippen molar-refractivity contribution in [2.75, 3.05) is 0 Å². The smallest absolute Gasteiger partial charge is 0.0864 e. The summed E-state index contributed by atoms with van der Waals surface area (Å²) < 4.78 is 1.09. The fraction of sp³-hybridized carbons (Fsp3) is 0.263. The normalized spacial score (nSPS) is 20.4. The lowest BCUT2D eigenvalue weighted by molar-refractivity contribution is 0.129. The molecule has 0 aliphatic heterocycles. The first kappa shape index (κ1) is 14.6. The van der Waals surface area contributed by atoms with Gasteiger partial charge in [-0.2, -0.15) is 0 Å². The highest BCUT2D eigenvalue weighted by Gasteiger charge is 2.26. The number of hydrogen-bond donors (Lipinski definition) is 1. The first-order valence-corrected chi connectivity index (χ1v) is 8.06. The lowest BCUT2D eigenvalue weighted by Crippen LogP contribution is -2.19. The Hall–Kier alpha value is -1.38. The molecule has 1 N–H and O–H groups in total. The fourth-order valence-electron chi connectivity index (χ4n) is 3.08. The van der Waals surface area contributed by atoms with E-state index in [1.54, 1.807) is 0 Å². The van der Waals surface area contributed by atoms with Crippen molar-refractivity contribution in [2.24, 2.45) is 5.92 Å². The van der Waals surface area contributed by atoms with Gasteiger partial charge < -0.3 is 5.11 Å². The zero-order valence-electron chi connectivity index (χ0n) is 12.3. The fourth-order valence-corrected chi connectivity index (χ4v) is 3.34. The van der Waals surface area contributed by atoms with Crippen molar-refractivity contribution >= 4 is 22.0 Å². The number of fused-ring (bicyclic) bond motifs is 1. The summed E-state index contributed by atoms with van der Waals surface area (Å²) in [5.74, 6) is 0.138. The Labute approximate surface area is 134 Å². The minimum absolute atomic E-state index is 0.138. The quantitative estimate of drug-likeness (QED) is 0.815. The van der Waals surface area contributed by atoms with Gasteiger partial charge in [0.2, 0.25) is 0 Å². The number of aliphatic hydroxyl groups excluding tert-OH is 1. The van der Waals surface area contributed by atoms with Crippen LogP contribution in [0.5, 0.6) is 0 Å². The summed E-state index contributed by atoms with van der Waals surface area (Å²) in [7, 11) is 0. The summed E-state index contributed by atoms with van der Waals surface area (Å²) in [5, 5.41) is 10.8. The third-order valence-corrected chi connectivity index (χ3v) is 4.85. The largest absolute Gasteiger partial charge is 0.388 e. The van der Waals surface area contributed by atoms with Crippen molar-refractivity contribution in [1.82, 2.24) is 0 Å². The van der Waals surface area contributed by atoms with E-state index < -0.39 is 6.10 Å². The maximum Gasteiger partial charge on any atom is 0.0864 e. The molecule has 0 aromatic heterocycles. The second-order valence-corrected chi connectivity index (χ2v) is 6.74. The molecule has 0 radical (unpaired) electrons. The molecular weight excluding hydrogens is 324 g/mol. The summed E-state index contributed by atoms with van der Waals surface area (Å²) in [5.41, 5.74) is 5.94. The number of aryl methyl sites for hydroxylation is 2. The molecule has 0 fully saturated rings. The van der Waals surface area contributed by atoms with E-state index in [9.17, 15) is 5.11 Å². The van der Waals surface area contributed by atoms with Crippen LogP contribution in [0.2, 0.25) is 0 Å². The molecule has 0 unspecified atom stereocenters. The Kier molecular flexibility index (Phi) is 4.01. The average molecular weight is 343 g/mol. The summed E-state index contributed by atoms with van der Waals surface area (Å²) in [6, 6.07) is 12.6. The summed E-state index contributed by atoms with van der Waals surface area (Å²) >= 11 is 3.46. The van der Waals surface area contributed by atoms with Gasteiger partial charge >= 0.3 is 0 Å². The molecule has 2 aromatic rings. The van der Waals surface area contributed by atoms with E-state index in [1.165, 1.54) is 22.3 Å². The SMILES string of the molecule is Cc1ccc(C)c2c1C=C[C@H](Cc1ccc(Br)cc1)[C@@H]2O. The third-order valence-electron chi connectivity index (χ3n) is 4.32. The second kappa shape index (κ2) is 5.78. The van der Waals surface area contributed by atoms with Crippen LogP contribution >= 0.6 is 15.9 Å². The Bertz CT molecular complexity index is 685. The number of rotatable bonds is 2. The minimum Gasteiger partial charge on any atom is -0.388 e. The van der Waals surface area contributed by atoms with Crippen molar-refractivity contribution in [2.45, 2.75) is 26.4 Å². The molecule has 1 aliphatic carbocycles. The molecule has 3 rings (SSSR count). The lowest BCUT2D eigenvalue weighted by Gasteiger charge is -2.28. The van der Waals surface area contributed by atoms with Gasteiger partial charge in [0.1, 0.15) is 0 Å². The first-order chi connectivity index (χ1) is 10.1. The Balaban J connectivity index is 1.91. The average Bonchev–Trinajstić information content (AvgIpc) is 2.47. The second-order valence-electron chi connectivity index (χ2n) is 5.83. The van der Waals surface area contributed by atoms with Gasteiger partial charge in [-0.25, -0.2) is 0 Å². The monoisotopic (exact) mass is 342 g/mol. The van der Waals surface area contributed by atoms with Crippen LogP contribution in [-0.4, -0.2) is 5.11 Å². The van der Waals surface area contributed by atoms with Crippen molar-refractivity contribution in [3.8, 4) is 0 Å². The van der Waals surface area contributed by atoms with Gasteiger partial charge in [-0.1, -0.05) is 52.3 Å². The third kappa shape index (κ3) is 2.83. The Morgan fingerprint density at radius 2 is 1.67 bits per heavy atom. The molecule has 0 saturated carbocycles. The van der Waals surface area contributed by atoms with Crippen LogP contribution in [0, 0.1) is 19.8 Å². The highest BCUT2D eigenvalue weighted by molar-refractivity contribution is 9.10. The van der Waals surface area contributed by atoms with E-state index in [0.29, 0.717) is 0 Å². The van der Waals surface area contributed by atoms with Crippen LogP contribution in [0.3, 0.4) is 0 Å². The van der Waals surface area contributed by atoms with Gasteiger partial charge in [0.05, 0.1) is 6.10 Å². The Morgan fingerprint density at radius 1 is 1.00 bits per heavy atom. The van der Waals surface area contributed by atoms with Crippen LogP contribution in [0.4, 0.5) is 0 Å². The topological polar surface area (TPSA) is 20.2 Å². The van der Waals surface area contributed by atoms with Crippen LogP contribution in [-0.2, 0) is 6.42 Å². The Morgan fingerprint density at radius 3 is 2.38 bits per heavy atom. The maximum atomic E-state index is 10.8. The number of aliphatic hydroxyl groups is 1. The molecule has 2 heteroatoms. The van der Waals surface area contributed by atoms with Crippen molar-refractivity contribution in [3.05, 3.63) is 74.8 Å². The molecule has 0 heterocycles. The van der Waals surface area contributed by atoms with Crippen molar-refractivity contribution < 1.29 is 5.11 Å². The van der Waals surface area contributed by atoms with E-state index in [4.69, 9.17) is 0 Å². The first-order valence-electron chi connectivity index (χ1n) is 7.27. The zero-order valence-corrected chi connectivity index (χ0v) is 13.9. The lowest BCUT2D eigenvalue weighted by atomic mass is 9.80. The van der Waals surface area contributed by atoms with Crippen molar-refractivity contribution in [1.29, 1.82) is 0 Å². The van der Waals surface area contributed by atoms with Crippen molar-refractivity contribution in [3.63, 3.8) is 0 Å². The summed E-state index contributed by atoms with van der Waals surface area (Å²) in [6.45, 7) is 4.18.